The molecule has 1 N–H and O–H groups in total. The maximum absolute atomic E-state index is 13.6. The Bertz CT molecular complexity index is 458. The molecule has 0 bridgehead atoms. The number of aliphatic hydroxyl groups is 1. The van der Waals surface area contributed by atoms with Crippen molar-refractivity contribution >= 4 is 11.6 Å². The third-order valence-corrected chi connectivity index (χ3v) is 4.93. The number of benzene rings is 1. The molecule has 1 fully saturated rings. The molecular formula is C16H22ClFO. The van der Waals surface area contributed by atoms with Crippen LogP contribution in [0.4, 0.5) is 4.39 Å². The average Bonchev–Trinajstić information content (AvgIpc) is 2.31. The molecule has 106 valence electrons. The number of rotatable bonds is 2. The zero-order valence-electron chi connectivity index (χ0n) is 11.8. The van der Waals surface area contributed by atoms with Crippen LogP contribution in [0.1, 0.15) is 51.7 Å². The first-order valence-corrected chi connectivity index (χ1v) is 7.34. The van der Waals surface area contributed by atoms with Crippen LogP contribution in [-0.2, 0) is 0 Å². The van der Waals surface area contributed by atoms with Gasteiger partial charge in [-0.05, 0) is 41.4 Å². The summed E-state index contributed by atoms with van der Waals surface area (Å²) in [6.45, 7) is 6.58. The van der Waals surface area contributed by atoms with Crippen LogP contribution in [0.25, 0.3) is 0 Å². The highest BCUT2D eigenvalue weighted by molar-refractivity contribution is 6.30. The van der Waals surface area contributed by atoms with Crippen molar-refractivity contribution in [1.29, 1.82) is 0 Å². The molecule has 1 saturated carbocycles. The molecular weight excluding hydrogens is 263 g/mol. The SMILES string of the molecule is C[C@H]1CCCC(C)(C)[C@@H]1[C@@H](O)c1ccc(Cl)c(F)c1. The summed E-state index contributed by atoms with van der Waals surface area (Å²) in [6.07, 6.45) is 2.81. The molecule has 0 unspecified atom stereocenters. The van der Waals surface area contributed by atoms with Crippen LogP contribution >= 0.6 is 11.6 Å². The first-order chi connectivity index (χ1) is 8.83. The summed E-state index contributed by atoms with van der Waals surface area (Å²) in [6, 6.07) is 4.62. The molecule has 1 aliphatic rings. The maximum atomic E-state index is 13.6. The monoisotopic (exact) mass is 284 g/mol. The maximum Gasteiger partial charge on any atom is 0.142 e. The van der Waals surface area contributed by atoms with Crippen LogP contribution in [0.3, 0.4) is 0 Å². The molecule has 0 amide bonds. The highest BCUT2D eigenvalue weighted by atomic mass is 35.5. The van der Waals surface area contributed by atoms with E-state index in [4.69, 9.17) is 11.6 Å². The van der Waals surface area contributed by atoms with E-state index in [1.54, 1.807) is 6.07 Å². The lowest BCUT2D eigenvalue weighted by Crippen LogP contribution is -2.37. The molecule has 0 aromatic heterocycles. The summed E-state index contributed by atoms with van der Waals surface area (Å²) in [5.74, 6) is 0.138. The third kappa shape index (κ3) is 2.95. The van der Waals surface area contributed by atoms with E-state index in [1.165, 1.54) is 18.6 Å². The quantitative estimate of drug-likeness (QED) is 0.812. The third-order valence-electron chi connectivity index (χ3n) is 4.62. The standard InChI is InChI=1S/C16H22ClFO/c1-10-5-4-8-16(2,3)14(10)15(19)11-6-7-12(17)13(18)9-11/h6-7,9-10,14-15,19H,4-5,8H2,1-3H3/t10-,14-,15-/m0/s1. The smallest absolute Gasteiger partial charge is 0.142 e. The van der Waals surface area contributed by atoms with Gasteiger partial charge in [0.1, 0.15) is 5.82 Å². The van der Waals surface area contributed by atoms with Crippen molar-refractivity contribution in [2.75, 3.05) is 0 Å². The van der Waals surface area contributed by atoms with Crippen molar-refractivity contribution in [2.45, 2.75) is 46.1 Å². The minimum atomic E-state index is -0.628. The van der Waals surface area contributed by atoms with Gasteiger partial charge in [-0.3, -0.25) is 0 Å². The Labute approximate surface area is 119 Å². The fourth-order valence-corrected chi connectivity index (χ4v) is 3.76. The number of aliphatic hydroxyl groups excluding tert-OH is 1. The fraction of sp³-hybridized carbons (Fsp3) is 0.625. The van der Waals surface area contributed by atoms with Gasteiger partial charge in [-0.25, -0.2) is 4.39 Å². The number of halogens is 2. The van der Waals surface area contributed by atoms with Crippen molar-refractivity contribution in [3.63, 3.8) is 0 Å². The first kappa shape index (κ1) is 14.8. The molecule has 1 aromatic rings. The highest BCUT2D eigenvalue weighted by Gasteiger charge is 2.41. The second-order valence-corrected chi connectivity index (χ2v) is 6.91. The van der Waals surface area contributed by atoms with E-state index >= 15 is 0 Å². The van der Waals surface area contributed by atoms with Gasteiger partial charge < -0.3 is 5.11 Å². The molecule has 1 aromatic carbocycles. The van der Waals surface area contributed by atoms with Gasteiger partial charge in [0.05, 0.1) is 11.1 Å². The topological polar surface area (TPSA) is 20.2 Å². The molecule has 3 atom stereocenters. The predicted octanol–water partition coefficient (Wildman–Crippen LogP) is 4.97. The first-order valence-electron chi connectivity index (χ1n) is 6.96. The van der Waals surface area contributed by atoms with Crippen molar-refractivity contribution in [3.8, 4) is 0 Å². The molecule has 0 spiro atoms. The molecule has 2 rings (SSSR count). The van der Waals surface area contributed by atoms with Gasteiger partial charge in [0.25, 0.3) is 0 Å². The van der Waals surface area contributed by atoms with E-state index in [-0.39, 0.29) is 16.4 Å². The lowest BCUT2D eigenvalue weighted by molar-refractivity contribution is -0.0294. The van der Waals surface area contributed by atoms with Crippen LogP contribution in [0.15, 0.2) is 18.2 Å². The van der Waals surface area contributed by atoms with Crippen LogP contribution in [0, 0.1) is 23.1 Å². The van der Waals surface area contributed by atoms with Crippen molar-refractivity contribution in [2.24, 2.45) is 17.3 Å². The van der Waals surface area contributed by atoms with E-state index in [0.717, 1.165) is 12.8 Å². The highest BCUT2D eigenvalue weighted by Crippen LogP contribution is 2.49. The van der Waals surface area contributed by atoms with E-state index in [1.807, 2.05) is 0 Å². The normalized spacial score (nSPS) is 28.1. The van der Waals surface area contributed by atoms with Gasteiger partial charge in [0.15, 0.2) is 0 Å². The van der Waals surface area contributed by atoms with E-state index in [2.05, 4.69) is 20.8 Å². The molecule has 3 heteroatoms. The zero-order valence-corrected chi connectivity index (χ0v) is 12.5. The minimum Gasteiger partial charge on any atom is -0.388 e. The second kappa shape index (κ2) is 5.41. The predicted molar refractivity (Wildman–Crippen MR) is 76.7 cm³/mol. The Morgan fingerprint density at radius 3 is 2.68 bits per heavy atom. The molecule has 1 nitrogen and oxygen atoms in total. The van der Waals surface area contributed by atoms with Gasteiger partial charge in [-0.15, -0.1) is 0 Å². The van der Waals surface area contributed by atoms with Gasteiger partial charge >= 0.3 is 0 Å². The van der Waals surface area contributed by atoms with Gasteiger partial charge in [0.2, 0.25) is 0 Å². The minimum absolute atomic E-state index is 0.0766. The summed E-state index contributed by atoms with van der Waals surface area (Å²) < 4.78 is 13.6. The average molecular weight is 285 g/mol. The Morgan fingerprint density at radius 1 is 1.42 bits per heavy atom. The van der Waals surface area contributed by atoms with Gasteiger partial charge in [-0.1, -0.05) is 51.3 Å². The van der Waals surface area contributed by atoms with Gasteiger partial charge in [0, 0.05) is 0 Å². The van der Waals surface area contributed by atoms with Crippen LogP contribution in [-0.4, -0.2) is 5.11 Å². The lowest BCUT2D eigenvalue weighted by Gasteiger charge is -2.45. The van der Waals surface area contributed by atoms with Crippen molar-refractivity contribution in [3.05, 3.63) is 34.6 Å². The van der Waals surface area contributed by atoms with Crippen LogP contribution in [0.5, 0.6) is 0 Å². The van der Waals surface area contributed by atoms with Crippen molar-refractivity contribution in [1.82, 2.24) is 0 Å². The van der Waals surface area contributed by atoms with Crippen molar-refractivity contribution < 1.29 is 9.50 Å². The van der Waals surface area contributed by atoms with Gasteiger partial charge in [-0.2, -0.15) is 0 Å². The summed E-state index contributed by atoms with van der Waals surface area (Å²) in [5.41, 5.74) is 0.710. The fourth-order valence-electron chi connectivity index (χ4n) is 3.64. The Kier molecular flexibility index (Phi) is 4.22. The van der Waals surface area contributed by atoms with E-state index in [0.29, 0.717) is 11.5 Å². The van der Waals surface area contributed by atoms with Crippen LogP contribution in [0.2, 0.25) is 5.02 Å². The molecule has 0 aliphatic heterocycles. The second-order valence-electron chi connectivity index (χ2n) is 6.50. The zero-order chi connectivity index (χ0) is 14.2. The molecule has 1 aliphatic carbocycles. The summed E-state index contributed by atoms with van der Waals surface area (Å²) >= 11 is 5.70. The summed E-state index contributed by atoms with van der Waals surface area (Å²) in [5, 5.41) is 10.8. The number of hydrogen-bond donors (Lipinski definition) is 1. The molecule has 0 radical (unpaired) electrons. The Balaban J connectivity index is 2.30. The number of hydrogen-bond acceptors (Lipinski definition) is 1. The molecule has 0 saturated heterocycles. The molecule has 19 heavy (non-hydrogen) atoms. The van der Waals surface area contributed by atoms with E-state index < -0.39 is 11.9 Å². The molecule has 0 heterocycles. The summed E-state index contributed by atoms with van der Waals surface area (Å²) in [4.78, 5) is 0. The summed E-state index contributed by atoms with van der Waals surface area (Å²) in [7, 11) is 0. The Morgan fingerprint density at radius 2 is 2.11 bits per heavy atom. The van der Waals surface area contributed by atoms with Crippen LogP contribution < -0.4 is 0 Å². The lowest BCUT2D eigenvalue weighted by atomic mass is 9.61. The van der Waals surface area contributed by atoms with E-state index in [9.17, 15) is 9.50 Å². The largest absolute Gasteiger partial charge is 0.388 e. The Hall–Kier alpha value is -0.600.